The van der Waals surface area contributed by atoms with Gasteiger partial charge in [-0.1, -0.05) is 43.3 Å². The zero-order valence-corrected chi connectivity index (χ0v) is 9.38. The van der Waals surface area contributed by atoms with Crippen molar-refractivity contribution in [1.29, 1.82) is 0 Å². The van der Waals surface area contributed by atoms with Gasteiger partial charge in [0.1, 0.15) is 0 Å². The van der Waals surface area contributed by atoms with Crippen molar-refractivity contribution < 1.29 is 0 Å². The Kier molecular flexibility index (Phi) is 1.95. The maximum Gasteiger partial charge on any atom is 0.0836 e. The molecule has 0 aliphatic heterocycles. The van der Waals surface area contributed by atoms with Crippen LogP contribution in [0.25, 0.3) is 0 Å². The number of nitrogen functional groups attached to an aromatic ring is 1. The van der Waals surface area contributed by atoms with Crippen molar-refractivity contribution in [2.24, 2.45) is 0 Å². The minimum absolute atomic E-state index is 0.879. The molecular weight excluding hydrogens is 174 g/mol. The van der Waals surface area contributed by atoms with Gasteiger partial charge in [-0.05, 0) is 17.7 Å². The van der Waals surface area contributed by atoms with Gasteiger partial charge >= 0.3 is 0 Å². The van der Waals surface area contributed by atoms with Crippen LogP contribution in [0.5, 0.6) is 0 Å². The summed E-state index contributed by atoms with van der Waals surface area (Å²) >= 11 is 0. The predicted molar refractivity (Wildman–Crippen MR) is 61.0 cm³/mol. The van der Waals surface area contributed by atoms with Crippen molar-refractivity contribution in [3.63, 3.8) is 0 Å². The third-order valence-electron chi connectivity index (χ3n) is 3.25. The Labute approximate surface area is 81.0 Å². The summed E-state index contributed by atoms with van der Waals surface area (Å²) in [4.78, 5) is 0. The number of anilines is 1. The van der Waals surface area contributed by atoms with E-state index in [4.69, 9.17) is 5.73 Å². The molecule has 2 heteroatoms. The molecule has 1 nitrogen and oxygen atoms in total. The van der Waals surface area contributed by atoms with Gasteiger partial charge in [0.2, 0.25) is 0 Å². The smallest absolute Gasteiger partial charge is 0.0836 e. The standard InChI is InChI=1S/C11H17NSi/c1-13(2,11-7-8-11)10-5-3-9(12)4-6-10/h3-6,11H,7-8,12H2,1-2H3. The van der Waals surface area contributed by atoms with Gasteiger partial charge in [0.15, 0.2) is 0 Å². The van der Waals surface area contributed by atoms with Gasteiger partial charge in [-0.2, -0.15) is 0 Å². The van der Waals surface area contributed by atoms with E-state index >= 15 is 0 Å². The molecular formula is C11H17NSi. The van der Waals surface area contributed by atoms with Gasteiger partial charge in [-0.15, -0.1) is 0 Å². The van der Waals surface area contributed by atoms with Crippen molar-refractivity contribution >= 4 is 18.9 Å². The molecule has 13 heavy (non-hydrogen) atoms. The van der Waals surface area contributed by atoms with Crippen LogP contribution in [0.1, 0.15) is 12.8 Å². The summed E-state index contributed by atoms with van der Waals surface area (Å²) in [7, 11) is -1.12. The van der Waals surface area contributed by atoms with Crippen LogP contribution in [0, 0.1) is 0 Å². The van der Waals surface area contributed by atoms with Gasteiger partial charge in [0.05, 0.1) is 8.07 Å². The summed E-state index contributed by atoms with van der Waals surface area (Å²) in [5.41, 5.74) is 7.58. The molecule has 0 amide bonds. The van der Waals surface area contributed by atoms with E-state index < -0.39 is 8.07 Å². The van der Waals surface area contributed by atoms with E-state index in [-0.39, 0.29) is 0 Å². The zero-order valence-electron chi connectivity index (χ0n) is 8.38. The lowest BCUT2D eigenvalue weighted by atomic mass is 10.3. The van der Waals surface area contributed by atoms with Crippen molar-refractivity contribution in [3.8, 4) is 0 Å². The van der Waals surface area contributed by atoms with E-state index in [1.807, 2.05) is 12.1 Å². The molecule has 1 fully saturated rings. The molecule has 0 atom stereocenters. The zero-order chi connectivity index (χ0) is 9.47. The van der Waals surface area contributed by atoms with Crippen LogP contribution in [0.15, 0.2) is 24.3 Å². The van der Waals surface area contributed by atoms with Crippen LogP contribution in [-0.4, -0.2) is 8.07 Å². The second-order valence-electron chi connectivity index (χ2n) is 4.62. The van der Waals surface area contributed by atoms with Crippen LogP contribution in [-0.2, 0) is 0 Å². The molecule has 0 unspecified atom stereocenters. The van der Waals surface area contributed by atoms with Crippen LogP contribution < -0.4 is 10.9 Å². The quantitative estimate of drug-likeness (QED) is 0.563. The van der Waals surface area contributed by atoms with E-state index in [2.05, 4.69) is 25.2 Å². The second-order valence-corrected chi connectivity index (χ2v) is 9.46. The molecule has 1 aromatic carbocycles. The van der Waals surface area contributed by atoms with Gasteiger partial charge in [0.25, 0.3) is 0 Å². The first-order chi connectivity index (χ1) is 6.10. The van der Waals surface area contributed by atoms with E-state index in [1.165, 1.54) is 12.8 Å². The van der Waals surface area contributed by atoms with Crippen LogP contribution >= 0.6 is 0 Å². The Balaban J connectivity index is 2.28. The lowest BCUT2D eigenvalue weighted by molar-refractivity contribution is 1.35. The molecule has 2 N–H and O–H groups in total. The van der Waals surface area contributed by atoms with Crippen LogP contribution in [0.4, 0.5) is 5.69 Å². The molecule has 0 bridgehead atoms. The van der Waals surface area contributed by atoms with Gasteiger partial charge in [-0.3, -0.25) is 0 Å². The number of rotatable bonds is 2. The normalized spacial score (nSPS) is 17.4. The Hall–Kier alpha value is -0.763. The number of hydrogen-bond acceptors (Lipinski definition) is 1. The van der Waals surface area contributed by atoms with Crippen LogP contribution in [0.3, 0.4) is 0 Å². The Morgan fingerprint density at radius 1 is 1.15 bits per heavy atom. The molecule has 0 aromatic heterocycles. The van der Waals surface area contributed by atoms with Crippen molar-refractivity contribution in [2.45, 2.75) is 31.5 Å². The Bertz CT molecular complexity index is 298. The highest BCUT2D eigenvalue weighted by molar-refractivity contribution is 6.91. The molecule has 0 saturated heterocycles. The molecule has 0 spiro atoms. The van der Waals surface area contributed by atoms with Crippen molar-refractivity contribution in [1.82, 2.24) is 0 Å². The summed E-state index contributed by atoms with van der Waals surface area (Å²) in [6.07, 6.45) is 2.90. The fourth-order valence-corrected chi connectivity index (χ4v) is 5.06. The molecule has 0 heterocycles. The van der Waals surface area contributed by atoms with Gasteiger partial charge in [0, 0.05) is 5.69 Å². The molecule has 1 aliphatic carbocycles. The molecule has 2 rings (SSSR count). The average molecular weight is 191 g/mol. The first kappa shape index (κ1) is 8.82. The molecule has 70 valence electrons. The van der Waals surface area contributed by atoms with E-state index in [9.17, 15) is 0 Å². The third kappa shape index (κ3) is 1.63. The minimum atomic E-state index is -1.12. The lowest BCUT2D eigenvalue weighted by Gasteiger charge is -2.22. The predicted octanol–water partition coefficient (Wildman–Crippen LogP) is 2.35. The topological polar surface area (TPSA) is 26.0 Å². The highest BCUT2D eigenvalue weighted by Gasteiger charge is 2.40. The minimum Gasteiger partial charge on any atom is -0.399 e. The lowest BCUT2D eigenvalue weighted by Crippen LogP contribution is -2.41. The first-order valence-corrected chi connectivity index (χ1v) is 8.04. The summed E-state index contributed by atoms with van der Waals surface area (Å²) in [5.74, 6) is 0. The fourth-order valence-electron chi connectivity index (χ4n) is 1.95. The van der Waals surface area contributed by atoms with E-state index in [0.717, 1.165) is 11.2 Å². The number of nitrogens with two attached hydrogens (primary N) is 1. The summed E-state index contributed by atoms with van der Waals surface area (Å²) in [5, 5.41) is 1.56. The summed E-state index contributed by atoms with van der Waals surface area (Å²) in [6.45, 7) is 4.94. The molecule has 1 saturated carbocycles. The first-order valence-electron chi connectivity index (χ1n) is 4.97. The highest BCUT2D eigenvalue weighted by Crippen LogP contribution is 2.44. The van der Waals surface area contributed by atoms with Gasteiger partial charge in [-0.25, -0.2) is 0 Å². The maximum atomic E-state index is 5.68. The average Bonchev–Trinajstić information content (AvgIpc) is 2.87. The second kappa shape index (κ2) is 2.88. The SMILES string of the molecule is C[Si](C)(c1ccc(N)cc1)C1CC1. The molecule has 1 aliphatic rings. The maximum absolute atomic E-state index is 5.68. The summed E-state index contributed by atoms with van der Waals surface area (Å²) < 4.78 is 0. The van der Waals surface area contributed by atoms with Crippen molar-refractivity contribution in [3.05, 3.63) is 24.3 Å². The van der Waals surface area contributed by atoms with E-state index in [1.54, 1.807) is 5.19 Å². The van der Waals surface area contributed by atoms with Gasteiger partial charge < -0.3 is 5.73 Å². The summed E-state index contributed by atoms with van der Waals surface area (Å²) in [6, 6.07) is 8.51. The Morgan fingerprint density at radius 3 is 2.15 bits per heavy atom. The van der Waals surface area contributed by atoms with E-state index in [0.29, 0.717) is 0 Å². The third-order valence-corrected chi connectivity index (χ3v) is 7.69. The number of benzene rings is 1. The monoisotopic (exact) mass is 191 g/mol. The highest BCUT2D eigenvalue weighted by atomic mass is 28.3. The van der Waals surface area contributed by atoms with Crippen molar-refractivity contribution in [2.75, 3.05) is 5.73 Å². The fraction of sp³-hybridized carbons (Fsp3) is 0.455. The molecule has 0 radical (unpaired) electrons. The Morgan fingerprint density at radius 2 is 1.69 bits per heavy atom. The van der Waals surface area contributed by atoms with Crippen LogP contribution in [0.2, 0.25) is 18.6 Å². The number of hydrogen-bond donors (Lipinski definition) is 1. The largest absolute Gasteiger partial charge is 0.399 e. The molecule has 1 aromatic rings.